The van der Waals surface area contributed by atoms with Gasteiger partial charge in [-0.1, -0.05) is 24.3 Å². The van der Waals surface area contributed by atoms with Crippen molar-refractivity contribution in [2.45, 2.75) is 23.3 Å². The fourth-order valence-electron chi connectivity index (χ4n) is 2.58. The van der Waals surface area contributed by atoms with Crippen LogP contribution in [0.4, 0.5) is 5.69 Å². The highest BCUT2D eigenvalue weighted by molar-refractivity contribution is 7.91. The van der Waals surface area contributed by atoms with Crippen LogP contribution in [0.2, 0.25) is 0 Å². The third-order valence-electron chi connectivity index (χ3n) is 4.19. The second-order valence-electron chi connectivity index (χ2n) is 6.29. The number of aromatic nitrogens is 1. The molecule has 0 aliphatic carbocycles. The molecule has 3 aromatic rings. The zero-order valence-electron chi connectivity index (χ0n) is 15.7. The molecule has 1 aromatic heterocycles. The van der Waals surface area contributed by atoms with Crippen molar-refractivity contribution >= 4 is 27.3 Å². The molecule has 29 heavy (non-hydrogen) atoms. The summed E-state index contributed by atoms with van der Waals surface area (Å²) in [6.45, 7) is 1.74. The van der Waals surface area contributed by atoms with Gasteiger partial charge in [0, 0.05) is 23.6 Å². The van der Waals surface area contributed by atoms with Crippen molar-refractivity contribution in [1.82, 2.24) is 4.98 Å². The number of Topliss-reactive ketones (excluding diaryl/α,β-unsaturated/α-hetero) is 1. The largest absolute Gasteiger partial charge is 0.370 e. The van der Waals surface area contributed by atoms with Crippen molar-refractivity contribution in [2.24, 2.45) is 10.7 Å². The van der Waals surface area contributed by atoms with Crippen LogP contribution in [-0.2, 0) is 16.4 Å². The molecule has 3 N–H and O–H groups in total. The molecule has 0 saturated carbocycles. The zero-order chi connectivity index (χ0) is 20.9. The zero-order valence-corrected chi connectivity index (χ0v) is 16.6. The summed E-state index contributed by atoms with van der Waals surface area (Å²) in [5, 5.41) is 2.95. The molecule has 0 radical (unpaired) electrons. The molecular weight excluding hydrogens is 388 g/mol. The van der Waals surface area contributed by atoms with E-state index in [9.17, 15) is 13.2 Å². The molecule has 148 valence electrons. The molecule has 7 nitrogen and oxygen atoms in total. The highest BCUT2D eigenvalue weighted by Gasteiger charge is 2.17. The van der Waals surface area contributed by atoms with Crippen LogP contribution >= 0.6 is 0 Å². The number of aliphatic imine (C=N–C) groups is 1. The standard InChI is InChI=1S/C21H20N4O3S/c1-15(26)17-4-8-20(9-5-17)29(27,28)19-6-2-16(3-7-19)14-24-21(22)25-18-10-12-23-13-11-18/h2-13H,14H2,1H3,(H3,22,23,24,25). The Balaban J connectivity index is 1.70. The summed E-state index contributed by atoms with van der Waals surface area (Å²) in [6, 6.07) is 15.9. The van der Waals surface area contributed by atoms with Gasteiger partial charge < -0.3 is 11.1 Å². The third kappa shape index (κ3) is 5.05. The van der Waals surface area contributed by atoms with E-state index in [0.29, 0.717) is 12.1 Å². The summed E-state index contributed by atoms with van der Waals surface area (Å²) in [5.41, 5.74) is 7.92. The Morgan fingerprint density at radius 1 is 0.966 bits per heavy atom. The average Bonchev–Trinajstić information content (AvgIpc) is 2.73. The van der Waals surface area contributed by atoms with E-state index < -0.39 is 9.84 Å². The monoisotopic (exact) mass is 408 g/mol. The number of carbonyl (C=O) groups is 1. The van der Waals surface area contributed by atoms with E-state index in [1.54, 1.807) is 36.7 Å². The lowest BCUT2D eigenvalue weighted by atomic mass is 10.2. The smallest absolute Gasteiger partial charge is 0.206 e. The van der Waals surface area contributed by atoms with Gasteiger partial charge in [0.2, 0.25) is 9.84 Å². The van der Waals surface area contributed by atoms with Crippen LogP contribution in [0.25, 0.3) is 0 Å². The van der Waals surface area contributed by atoms with E-state index in [4.69, 9.17) is 5.73 Å². The quantitative estimate of drug-likeness (QED) is 0.368. The summed E-state index contributed by atoms with van der Waals surface area (Å²) in [5.74, 6) is 0.134. The number of carbonyl (C=O) groups excluding carboxylic acids is 1. The number of ketones is 1. The molecular formula is C21H20N4O3S. The van der Waals surface area contributed by atoms with Crippen LogP contribution in [0.5, 0.6) is 0 Å². The number of guanidine groups is 1. The molecule has 3 rings (SSSR count). The van der Waals surface area contributed by atoms with Crippen molar-refractivity contribution < 1.29 is 13.2 Å². The second-order valence-corrected chi connectivity index (χ2v) is 8.24. The fraction of sp³-hybridized carbons (Fsp3) is 0.0952. The Kier molecular flexibility index (Phi) is 6.04. The first-order valence-electron chi connectivity index (χ1n) is 8.78. The number of pyridine rings is 1. The summed E-state index contributed by atoms with van der Waals surface area (Å²) in [4.78, 5) is 19.8. The molecule has 2 aromatic carbocycles. The van der Waals surface area contributed by atoms with Gasteiger partial charge in [0.05, 0.1) is 16.3 Å². The van der Waals surface area contributed by atoms with Crippen LogP contribution in [0.15, 0.2) is 87.8 Å². The number of benzene rings is 2. The first kappa shape index (κ1) is 20.2. The number of hydrogen-bond donors (Lipinski definition) is 2. The van der Waals surface area contributed by atoms with Crippen molar-refractivity contribution in [3.63, 3.8) is 0 Å². The van der Waals surface area contributed by atoms with E-state index in [1.807, 2.05) is 0 Å². The molecule has 1 heterocycles. The molecule has 0 aliphatic rings. The fourth-order valence-corrected chi connectivity index (χ4v) is 3.84. The van der Waals surface area contributed by atoms with Crippen LogP contribution in [0.1, 0.15) is 22.8 Å². The summed E-state index contributed by atoms with van der Waals surface area (Å²) in [7, 11) is -3.66. The number of rotatable bonds is 6. The van der Waals surface area contributed by atoms with Crippen LogP contribution in [0.3, 0.4) is 0 Å². The number of sulfone groups is 1. The predicted molar refractivity (Wildman–Crippen MR) is 112 cm³/mol. The SMILES string of the molecule is CC(=O)c1ccc(S(=O)(=O)c2ccc(CN=C(N)Nc3ccncc3)cc2)cc1. The van der Waals surface area contributed by atoms with Gasteiger partial charge in [-0.25, -0.2) is 13.4 Å². The molecule has 0 bridgehead atoms. The molecule has 0 spiro atoms. The Bertz CT molecular complexity index is 1120. The maximum atomic E-state index is 12.7. The van der Waals surface area contributed by atoms with Crippen LogP contribution in [0, 0.1) is 0 Å². The van der Waals surface area contributed by atoms with Gasteiger partial charge >= 0.3 is 0 Å². The molecule has 0 aliphatic heterocycles. The molecule has 0 amide bonds. The van der Waals surface area contributed by atoms with Gasteiger partial charge in [-0.3, -0.25) is 9.78 Å². The summed E-state index contributed by atoms with van der Waals surface area (Å²) < 4.78 is 25.5. The summed E-state index contributed by atoms with van der Waals surface area (Å²) >= 11 is 0. The van der Waals surface area contributed by atoms with Crippen LogP contribution in [-0.4, -0.2) is 25.1 Å². The minimum absolute atomic E-state index is 0.114. The van der Waals surface area contributed by atoms with E-state index in [0.717, 1.165) is 11.3 Å². The van der Waals surface area contributed by atoms with Crippen molar-refractivity contribution in [1.29, 1.82) is 0 Å². The number of nitrogens with one attached hydrogen (secondary N) is 1. The molecule has 8 heteroatoms. The molecule has 0 unspecified atom stereocenters. The first-order chi connectivity index (χ1) is 13.9. The van der Waals surface area contributed by atoms with Crippen molar-refractivity contribution in [3.8, 4) is 0 Å². The van der Waals surface area contributed by atoms with Crippen molar-refractivity contribution in [2.75, 3.05) is 5.32 Å². The Labute approximate surface area is 169 Å². The van der Waals surface area contributed by atoms with E-state index in [1.165, 1.54) is 43.3 Å². The minimum Gasteiger partial charge on any atom is -0.370 e. The first-order valence-corrected chi connectivity index (χ1v) is 10.3. The highest BCUT2D eigenvalue weighted by atomic mass is 32.2. The Morgan fingerprint density at radius 3 is 2.07 bits per heavy atom. The van der Waals surface area contributed by atoms with E-state index in [-0.39, 0.29) is 21.5 Å². The number of nitrogens with two attached hydrogens (primary N) is 1. The van der Waals surface area contributed by atoms with Gasteiger partial charge in [0.25, 0.3) is 0 Å². The van der Waals surface area contributed by atoms with E-state index in [2.05, 4.69) is 15.3 Å². The topological polar surface area (TPSA) is 115 Å². The van der Waals surface area contributed by atoms with E-state index >= 15 is 0 Å². The molecule has 0 saturated heterocycles. The second kappa shape index (κ2) is 8.66. The lowest BCUT2D eigenvalue weighted by Gasteiger charge is -2.07. The van der Waals surface area contributed by atoms with Crippen LogP contribution < -0.4 is 11.1 Å². The lowest BCUT2D eigenvalue weighted by molar-refractivity contribution is 0.101. The molecule has 0 atom stereocenters. The minimum atomic E-state index is -3.66. The predicted octanol–water partition coefficient (Wildman–Crippen LogP) is 3.04. The number of anilines is 1. The third-order valence-corrected chi connectivity index (χ3v) is 5.98. The lowest BCUT2D eigenvalue weighted by Crippen LogP contribution is -2.22. The van der Waals surface area contributed by atoms with Gasteiger partial charge in [-0.05, 0) is 48.9 Å². The molecule has 0 fully saturated rings. The maximum absolute atomic E-state index is 12.7. The van der Waals surface area contributed by atoms with Gasteiger partial charge in [-0.15, -0.1) is 0 Å². The Hall–Kier alpha value is -3.52. The highest BCUT2D eigenvalue weighted by Crippen LogP contribution is 2.22. The maximum Gasteiger partial charge on any atom is 0.206 e. The van der Waals surface area contributed by atoms with Gasteiger partial charge in [-0.2, -0.15) is 0 Å². The number of nitrogens with zero attached hydrogens (tertiary/aromatic N) is 2. The van der Waals surface area contributed by atoms with Gasteiger partial charge in [0.1, 0.15) is 0 Å². The van der Waals surface area contributed by atoms with Gasteiger partial charge in [0.15, 0.2) is 11.7 Å². The average molecular weight is 408 g/mol. The Morgan fingerprint density at radius 2 is 1.52 bits per heavy atom. The summed E-state index contributed by atoms with van der Waals surface area (Å²) in [6.07, 6.45) is 3.28. The van der Waals surface area contributed by atoms with Crippen molar-refractivity contribution in [3.05, 3.63) is 84.2 Å². The number of hydrogen-bond acceptors (Lipinski definition) is 5. The normalized spacial score (nSPS) is 11.8.